The van der Waals surface area contributed by atoms with E-state index in [2.05, 4.69) is 14.8 Å². The summed E-state index contributed by atoms with van der Waals surface area (Å²) in [5.41, 5.74) is 0.487. The number of ether oxygens (including phenoxy) is 1. The van der Waals surface area contributed by atoms with Gasteiger partial charge in [-0.05, 0) is 25.1 Å². The van der Waals surface area contributed by atoms with Crippen molar-refractivity contribution >= 4 is 17.6 Å². The fraction of sp³-hybridized carbons (Fsp3) is 0.250. The molecule has 1 atom stereocenters. The van der Waals surface area contributed by atoms with E-state index >= 15 is 0 Å². The van der Waals surface area contributed by atoms with Crippen LogP contribution >= 0.6 is 11.6 Å². The first-order chi connectivity index (χ1) is 9.04. The molecule has 0 bridgehead atoms. The average Bonchev–Trinajstić information content (AvgIpc) is 2.83. The lowest BCUT2D eigenvalue weighted by atomic mass is 10.2. The van der Waals surface area contributed by atoms with Crippen LogP contribution in [0.15, 0.2) is 24.4 Å². The minimum absolute atomic E-state index is 0.152. The summed E-state index contributed by atoms with van der Waals surface area (Å²) in [7, 11) is 1.27. The van der Waals surface area contributed by atoms with Gasteiger partial charge >= 0.3 is 5.97 Å². The van der Waals surface area contributed by atoms with Crippen molar-refractivity contribution in [2.75, 3.05) is 7.11 Å². The summed E-state index contributed by atoms with van der Waals surface area (Å²) < 4.78 is 5.94. The van der Waals surface area contributed by atoms with Crippen molar-refractivity contribution in [1.29, 1.82) is 0 Å². The molecule has 0 aliphatic rings. The van der Waals surface area contributed by atoms with Gasteiger partial charge in [0.2, 0.25) is 0 Å². The van der Waals surface area contributed by atoms with Crippen LogP contribution in [0.5, 0.6) is 0 Å². The molecular formula is C12H12ClN3O3. The van der Waals surface area contributed by atoms with E-state index in [4.69, 9.17) is 11.6 Å². The Balaban J connectivity index is 2.61. The van der Waals surface area contributed by atoms with E-state index < -0.39 is 12.1 Å². The highest BCUT2D eigenvalue weighted by molar-refractivity contribution is 6.32. The maximum atomic E-state index is 11.7. The molecule has 0 radical (unpaired) electrons. The van der Waals surface area contributed by atoms with E-state index in [0.29, 0.717) is 16.5 Å². The number of aliphatic hydroxyl groups is 1. The van der Waals surface area contributed by atoms with Crippen molar-refractivity contribution in [2.45, 2.75) is 13.0 Å². The lowest BCUT2D eigenvalue weighted by Gasteiger charge is -2.06. The molecule has 2 aromatic heterocycles. The number of pyridine rings is 1. The highest BCUT2D eigenvalue weighted by Gasteiger charge is 2.21. The quantitative estimate of drug-likeness (QED) is 0.868. The Bertz CT molecular complexity index is 610. The number of hydrogen-bond acceptors (Lipinski definition) is 5. The fourth-order valence-corrected chi connectivity index (χ4v) is 1.75. The van der Waals surface area contributed by atoms with Crippen molar-refractivity contribution in [3.63, 3.8) is 0 Å². The normalized spacial score (nSPS) is 12.2. The maximum absolute atomic E-state index is 11.7. The molecule has 100 valence electrons. The lowest BCUT2D eigenvalue weighted by Crippen LogP contribution is -2.11. The van der Waals surface area contributed by atoms with Crippen molar-refractivity contribution in [3.8, 4) is 5.82 Å². The summed E-state index contributed by atoms with van der Waals surface area (Å²) in [5, 5.41) is 14.0. The third-order valence-electron chi connectivity index (χ3n) is 2.49. The van der Waals surface area contributed by atoms with Crippen molar-refractivity contribution in [1.82, 2.24) is 14.8 Å². The Labute approximate surface area is 114 Å². The summed E-state index contributed by atoms with van der Waals surface area (Å²) in [6.07, 6.45) is 0.721. The number of carbonyl (C=O) groups is 1. The third-order valence-corrected chi connectivity index (χ3v) is 2.79. The number of methoxy groups -OCH3 is 1. The van der Waals surface area contributed by atoms with Gasteiger partial charge in [-0.3, -0.25) is 0 Å². The zero-order chi connectivity index (χ0) is 14.0. The van der Waals surface area contributed by atoms with Crippen molar-refractivity contribution in [3.05, 3.63) is 40.8 Å². The number of aromatic nitrogens is 3. The first-order valence-corrected chi connectivity index (χ1v) is 5.89. The molecular weight excluding hydrogens is 270 g/mol. The van der Waals surface area contributed by atoms with E-state index in [9.17, 15) is 9.90 Å². The van der Waals surface area contributed by atoms with E-state index in [1.54, 1.807) is 19.1 Å². The third kappa shape index (κ3) is 2.59. The van der Waals surface area contributed by atoms with Crippen LogP contribution in [0.2, 0.25) is 5.02 Å². The summed E-state index contributed by atoms with van der Waals surface area (Å²) in [4.78, 5) is 15.8. The predicted molar refractivity (Wildman–Crippen MR) is 68.3 cm³/mol. The zero-order valence-electron chi connectivity index (χ0n) is 10.4. The van der Waals surface area contributed by atoms with Gasteiger partial charge < -0.3 is 9.84 Å². The smallest absolute Gasteiger partial charge is 0.356 e. The number of esters is 1. The van der Waals surface area contributed by atoms with Crippen LogP contribution in [0, 0.1) is 0 Å². The number of nitrogens with zero attached hydrogens (tertiary/aromatic N) is 3. The van der Waals surface area contributed by atoms with Crippen molar-refractivity contribution < 1.29 is 14.6 Å². The van der Waals surface area contributed by atoms with Crippen LogP contribution in [0.4, 0.5) is 0 Å². The molecule has 0 saturated carbocycles. The first-order valence-electron chi connectivity index (χ1n) is 5.52. The van der Waals surface area contributed by atoms with Crippen LogP contribution in [-0.4, -0.2) is 33.0 Å². The Kier molecular flexibility index (Phi) is 3.82. The fourth-order valence-electron chi connectivity index (χ4n) is 1.55. The standard InChI is InChI=1S/C12H12ClN3O3/c1-7(17)9-6-10(12(18)19-2)16(15-9)11-8(13)4-3-5-14-11/h3-7,17H,1-2H3. The highest BCUT2D eigenvalue weighted by Crippen LogP contribution is 2.21. The van der Waals surface area contributed by atoms with Crippen LogP contribution in [-0.2, 0) is 4.74 Å². The molecule has 2 rings (SSSR count). The number of halogens is 1. The second-order valence-corrected chi connectivity index (χ2v) is 4.25. The molecule has 7 heteroatoms. The lowest BCUT2D eigenvalue weighted by molar-refractivity contribution is 0.0590. The molecule has 1 unspecified atom stereocenters. The number of rotatable bonds is 3. The number of hydrogen-bond donors (Lipinski definition) is 1. The topological polar surface area (TPSA) is 77.2 Å². The van der Waals surface area contributed by atoms with Crippen molar-refractivity contribution in [2.24, 2.45) is 0 Å². The van der Waals surface area contributed by atoms with E-state index in [0.717, 1.165) is 0 Å². The minimum Gasteiger partial charge on any atom is -0.464 e. The van der Waals surface area contributed by atoms with E-state index in [-0.39, 0.29) is 5.69 Å². The molecule has 0 saturated heterocycles. The van der Waals surface area contributed by atoms with Gasteiger partial charge in [-0.1, -0.05) is 11.6 Å². The monoisotopic (exact) mass is 281 g/mol. The molecule has 0 aliphatic carbocycles. The predicted octanol–water partition coefficient (Wildman–Crippen LogP) is 1.76. The van der Waals surface area contributed by atoms with Crippen LogP contribution in [0.3, 0.4) is 0 Å². The Morgan fingerprint density at radius 3 is 2.89 bits per heavy atom. The molecule has 0 amide bonds. The Morgan fingerprint density at radius 2 is 2.32 bits per heavy atom. The second kappa shape index (κ2) is 5.38. The van der Waals surface area contributed by atoms with Gasteiger partial charge in [-0.25, -0.2) is 14.5 Å². The summed E-state index contributed by atoms with van der Waals surface area (Å²) in [5.74, 6) is -0.280. The molecule has 1 N–H and O–H groups in total. The molecule has 0 spiro atoms. The number of carbonyl (C=O) groups excluding carboxylic acids is 1. The van der Waals surface area contributed by atoms with Gasteiger partial charge in [0.05, 0.1) is 23.9 Å². The van der Waals surface area contributed by atoms with Crippen LogP contribution < -0.4 is 0 Å². The zero-order valence-corrected chi connectivity index (χ0v) is 11.1. The summed E-state index contributed by atoms with van der Waals surface area (Å²) >= 11 is 6.03. The summed E-state index contributed by atoms with van der Waals surface area (Å²) in [6.45, 7) is 1.55. The Morgan fingerprint density at radius 1 is 1.58 bits per heavy atom. The van der Waals surface area contributed by atoms with Crippen LogP contribution in [0.1, 0.15) is 29.2 Å². The molecule has 2 heterocycles. The van der Waals surface area contributed by atoms with Crippen LogP contribution in [0.25, 0.3) is 5.82 Å². The van der Waals surface area contributed by atoms with Gasteiger partial charge in [0.1, 0.15) is 0 Å². The molecule has 0 fully saturated rings. The SMILES string of the molecule is COC(=O)c1cc(C(C)O)nn1-c1ncccc1Cl. The van der Waals surface area contributed by atoms with Gasteiger partial charge in [0.15, 0.2) is 11.5 Å². The van der Waals surface area contributed by atoms with Gasteiger partial charge in [-0.15, -0.1) is 0 Å². The second-order valence-electron chi connectivity index (χ2n) is 3.84. The van der Waals surface area contributed by atoms with Gasteiger partial charge in [-0.2, -0.15) is 5.10 Å². The van der Waals surface area contributed by atoms with Gasteiger partial charge in [0.25, 0.3) is 0 Å². The number of aliphatic hydroxyl groups excluding tert-OH is 1. The van der Waals surface area contributed by atoms with E-state index in [1.165, 1.54) is 24.1 Å². The molecule has 6 nitrogen and oxygen atoms in total. The van der Waals surface area contributed by atoms with Gasteiger partial charge in [0, 0.05) is 6.20 Å². The average molecular weight is 282 g/mol. The minimum atomic E-state index is -0.813. The van der Waals surface area contributed by atoms with E-state index in [1.807, 2.05) is 0 Å². The first kappa shape index (κ1) is 13.5. The Hall–Kier alpha value is -1.92. The maximum Gasteiger partial charge on any atom is 0.356 e. The summed E-state index contributed by atoms with van der Waals surface area (Å²) in [6, 6.07) is 4.75. The highest BCUT2D eigenvalue weighted by atomic mass is 35.5. The molecule has 19 heavy (non-hydrogen) atoms. The largest absolute Gasteiger partial charge is 0.464 e. The molecule has 0 aromatic carbocycles. The molecule has 2 aromatic rings. The molecule has 0 aliphatic heterocycles.